The van der Waals surface area contributed by atoms with Crippen LogP contribution in [0.25, 0.3) is 5.69 Å². The van der Waals surface area contributed by atoms with Gasteiger partial charge in [0.1, 0.15) is 18.3 Å². The Labute approximate surface area is 209 Å². The van der Waals surface area contributed by atoms with Crippen molar-refractivity contribution in [3.05, 3.63) is 78.1 Å². The van der Waals surface area contributed by atoms with Gasteiger partial charge in [-0.25, -0.2) is 0 Å². The summed E-state index contributed by atoms with van der Waals surface area (Å²) in [6.45, 7) is 2.32. The van der Waals surface area contributed by atoms with Crippen LogP contribution in [0.3, 0.4) is 0 Å². The number of anilines is 1. The van der Waals surface area contributed by atoms with Gasteiger partial charge >= 0.3 is 0 Å². The maximum atomic E-state index is 13.9. The smallest absolute Gasteiger partial charge is 0.256 e. The number of nitrogens with zero attached hydrogens (tertiary/aromatic N) is 3. The lowest BCUT2D eigenvalue weighted by molar-refractivity contribution is -0.134. The van der Waals surface area contributed by atoms with E-state index in [1.54, 1.807) is 12.0 Å². The van der Waals surface area contributed by atoms with Crippen molar-refractivity contribution in [1.29, 1.82) is 0 Å². The van der Waals surface area contributed by atoms with Crippen molar-refractivity contribution in [2.45, 2.75) is 30.6 Å². The molecule has 8 heteroatoms. The van der Waals surface area contributed by atoms with Crippen LogP contribution in [0.15, 0.2) is 66.9 Å². The van der Waals surface area contributed by atoms with Crippen LogP contribution in [0.4, 0.5) is 5.69 Å². The van der Waals surface area contributed by atoms with Gasteiger partial charge in [-0.3, -0.25) is 14.5 Å². The zero-order valence-electron chi connectivity index (χ0n) is 19.2. The van der Waals surface area contributed by atoms with Gasteiger partial charge in [-0.05, 0) is 48.4 Å². The Morgan fingerprint density at radius 1 is 1.03 bits per heavy atom. The van der Waals surface area contributed by atoms with Gasteiger partial charge in [-0.15, -0.1) is 0 Å². The molecule has 3 aromatic rings. The van der Waals surface area contributed by atoms with Crippen molar-refractivity contribution in [1.82, 2.24) is 9.47 Å². The zero-order valence-corrected chi connectivity index (χ0v) is 20.7. The highest BCUT2D eigenvalue weighted by molar-refractivity contribution is 6.53. The summed E-state index contributed by atoms with van der Waals surface area (Å²) in [6.07, 6.45) is 3.62. The molecule has 1 aromatic heterocycles. The second kappa shape index (κ2) is 10.5. The number of carbonyl (C=O) groups is 2. The summed E-state index contributed by atoms with van der Waals surface area (Å²) >= 11 is 11.8. The number of ether oxygens (including phenoxy) is 1. The summed E-state index contributed by atoms with van der Waals surface area (Å²) in [5, 5.41) is 0. The summed E-state index contributed by atoms with van der Waals surface area (Å²) in [7, 11) is 1.62. The van der Waals surface area contributed by atoms with E-state index in [-0.39, 0.29) is 18.5 Å². The highest BCUT2D eigenvalue weighted by Gasteiger charge is 2.37. The van der Waals surface area contributed by atoms with Crippen LogP contribution < -0.4 is 9.64 Å². The summed E-state index contributed by atoms with van der Waals surface area (Å²) < 4.78 is 7.42. The number of alkyl halides is 2. The average Bonchev–Trinajstić information content (AvgIpc) is 3.35. The molecule has 178 valence electrons. The normalized spacial score (nSPS) is 14.5. The lowest BCUT2D eigenvalue weighted by Crippen LogP contribution is -2.48. The van der Waals surface area contributed by atoms with Crippen molar-refractivity contribution in [3.8, 4) is 11.4 Å². The van der Waals surface area contributed by atoms with Crippen LogP contribution in [0.1, 0.15) is 37.1 Å². The predicted octanol–water partition coefficient (Wildman–Crippen LogP) is 5.35. The van der Waals surface area contributed by atoms with E-state index in [9.17, 15) is 9.59 Å². The Bertz CT molecular complexity index is 1160. The van der Waals surface area contributed by atoms with Gasteiger partial charge in [-0.2, -0.15) is 0 Å². The Balaban J connectivity index is 1.78. The third-order valence-electron chi connectivity index (χ3n) is 6.03. The molecule has 0 spiro atoms. The number of hydrogen-bond acceptors (Lipinski definition) is 3. The van der Waals surface area contributed by atoms with Crippen LogP contribution in [-0.4, -0.2) is 46.3 Å². The number of methoxy groups -OCH3 is 1. The molecule has 0 bridgehead atoms. The fourth-order valence-electron chi connectivity index (χ4n) is 4.36. The van der Waals surface area contributed by atoms with Crippen molar-refractivity contribution >= 4 is 40.7 Å². The minimum atomic E-state index is -1.21. The minimum Gasteiger partial charge on any atom is -0.497 e. The SMILES string of the molecule is CCCCN(CC(=O)N1c2ccccc2-n2cccc2C1c1ccc(OC)cc1)C(=O)C(Cl)Cl. The van der Waals surface area contributed by atoms with Gasteiger partial charge in [0.15, 0.2) is 4.84 Å². The van der Waals surface area contributed by atoms with E-state index in [1.165, 1.54) is 4.90 Å². The van der Waals surface area contributed by atoms with Crippen LogP contribution >= 0.6 is 23.2 Å². The molecule has 4 rings (SSSR count). The van der Waals surface area contributed by atoms with Crippen LogP contribution in [0.2, 0.25) is 0 Å². The average molecular weight is 500 g/mol. The fraction of sp³-hybridized carbons (Fsp3) is 0.308. The van der Waals surface area contributed by atoms with Gasteiger partial charge < -0.3 is 14.2 Å². The summed E-state index contributed by atoms with van der Waals surface area (Å²) in [5.41, 5.74) is 3.56. The molecule has 1 aliphatic heterocycles. The van der Waals surface area contributed by atoms with Gasteiger partial charge in [0, 0.05) is 12.7 Å². The summed E-state index contributed by atoms with van der Waals surface area (Å²) in [5.74, 6) is 0.0683. The highest BCUT2D eigenvalue weighted by Crippen LogP contribution is 2.42. The van der Waals surface area contributed by atoms with Crippen LogP contribution in [0.5, 0.6) is 5.75 Å². The number of unbranched alkanes of at least 4 members (excludes halogenated alkanes) is 1. The van der Waals surface area contributed by atoms with E-state index < -0.39 is 10.7 Å². The molecule has 1 aliphatic rings. The number of rotatable bonds is 8. The van der Waals surface area contributed by atoms with Crippen molar-refractivity contribution < 1.29 is 14.3 Å². The quantitative estimate of drug-likeness (QED) is 0.392. The molecule has 0 radical (unpaired) electrons. The van der Waals surface area contributed by atoms with Gasteiger partial charge in [0.05, 0.1) is 24.2 Å². The van der Waals surface area contributed by atoms with E-state index in [2.05, 4.69) is 4.57 Å². The standard InChI is InChI=1S/C26H27Cl2N3O3/c1-3-4-15-29(26(33)25(27)28)17-23(32)31-21-9-6-5-8-20(21)30-16-7-10-22(30)24(31)18-11-13-19(34-2)14-12-18/h5-14,16,24-25H,3-4,15,17H2,1-2H3. The predicted molar refractivity (Wildman–Crippen MR) is 135 cm³/mol. The molecule has 2 heterocycles. The van der Waals surface area contributed by atoms with E-state index in [0.29, 0.717) is 6.54 Å². The first kappa shape index (κ1) is 24.2. The second-order valence-corrected chi connectivity index (χ2v) is 9.24. The van der Waals surface area contributed by atoms with E-state index in [1.807, 2.05) is 73.8 Å². The minimum absolute atomic E-state index is 0.115. The first-order valence-electron chi connectivity index (χ1n) is 11.3. The van der Waals surface area contributed by atoms with Gasteiger partial charge in [0.25, 0.3) is 5.91 Å². The number of amides is 2. The molecule has 0 saturated carbocycles. The molecule has 1 atom stereocenters. The molecule has 0 saturated heterocycles. The molecule has 0 N–H and O–H groups in total. The molecule has 34 heavy (non-hydrogen) atoms. The van der Waals surface area contributed by atoms with E-state index in [4.69, 9.17) is 27.9 Å². The molecule has 2 amide bonds. The number of benzene rings is 2. The molecule has 0 fully saturated rings. The van der Waals surface area contributed by atoms with Crippen LogP contribution in [0, 0.1) is 0 Å². The zero-order chi connectivity index (χ0) is 24.2. The Morgan fingerprint density at radius 2 is 1.74 bits per heavy atom. The van der Waals surface area contributed by atoms with Gasteiger partial charge in [0.2, 0.25) is 5.91 Å². The molecule has 0 aliphatic carbocycles. The topological polar surface area (TPSA) is 54.8 Å². The maximum Gasteiger partial charge on any atom is 0.256 e. The summed E-state index contributed by atoms with van der Waals surface area (Å²) in [4.78, 5) is 28.6. The number of carbonyl (C=O) groups excluding carboxylic acids is 2. The first-order chi connectivity index (χ1) is 16.5. The molecule has 2 aromatic carbocycles. The molecule has 1 unspecified atom stereocenters. The van der Waals surface area contributed by atoms with E-state index >= 15 is 0 Å². The van der Waals surface area contributed by atoms with E-state index in [0.717, 1.165) is 41.2 Å². The number of para-hydroxylation sites is 2. The third-order valence-corrected chi connectivity index (χ3v) is 6.40. The van der Waals surface area contributed by atoms with Gasteiger partial charge in [-0.1, -0.05) is 60.8 Å². The first-order valence-corrected chi connectivity index (χ1v) is 12.1. The largest absolute Gasteiger partial charge is 0.497 e. The third kappa shape index (κ3) is 4.65. The number of fused-ring (bicyclic) bond motifs is 3. The molecule has 6 nitrogen and oxygen atoms in total. The Hall–Kier alpha value is -2.96. The van der Waals surface area contributed by atoms with Crippen molar-refractivity contribution in [2.24, 2.45) is 0 Å². The molecular weight excluding hydrogens is 473 g/mol. The second-order valence-electron chi connectivity index (χ2n) is 8.15. The Morgan fingerprint density at radius 3 is 2.38 bits per heavy atom. The number of hydrogen-bond donors (Lipinski definition) is 0. The van der Waals surface area contributed by atoms with Crippen molar-refractivity contribution in [3.63, 3.8) is 0 Å². The highest BCUT2D eigenvalue weighted by atomic mass is 35.5. The lowest BCUT2D eigenvalue weighted by Gasteiger charge is -2.39. The lowest BCUT2D eigenvalue weighted by atomic mass is 9.97. The number of halogens is 2. The fourth-order valence-corrected chi connectivity index (χ4v) is 4.63. The van der Waals surface area contributed by atoms with Crippen molar-refractivity contribution in [2.75, 3.05) is 25.1 Å². The maximum absolute atomic E-state index is 13.9. The number of aromatic nitrogens is 1. The monoisotopic (exact) mass is 499 g/mol. The Kier molecular flexibility index (Phi) is 7.49. The molecular formula is C26H27Cl2N3O3. The van der Waals surface area contributed by atoms with Crippen LogP contribution in [-0.2, 0) is 9.59 Å². The summed E-state index contributed by atoms with van der Waals surface area (Å²) in [6, 6.07) is 19.1.